The molecule has 31 heavy (non-hydrogen) atoms. The number of carbonyl (C=O) groups is 2. The molecule has 1 aromatic carbocycles. The zero-order valence-electron chi connectivity index (χ0n) is 18.7. The number of ether oxygens (including phenoxy) is 3. The first-order valence-electron chi connectivity index (χ1n) is 10.1. The third-order valence-electron chi connectivity index (χ3n) is 4.55. The molecule has 0 aromatic heterocycles. The van der Waals surface area contributed by atoms with Crippen molar-refractivity contribution in [3.8, 4) is 5.75 Å². The molecule has 0 bridgehead atoms. The largest absolute Gasteiger partial charge is 0.479 e. The maximum atomic E-state index is 12.4. The number of esters is 1. The fraction of sp³-hybridized carbons (Fsp3) is 0.619. The van der Waals surface area contributed by atoms with Crippen molar-refractivity contribution < 1.29 is 36.4 Å². The second-order valence-corrected chi connectivity index (χ2v) is 9.99. The van der Waals surface area contributed by atoms with E-state index in [-0.39, 0.29) is 19.1 Å². The Bertz CT molecular complexity index is 891. The number of fused-ring (bicyclic) bond motifs is 1. The Morgan fingerprint density at radius 1 is 1.13 bits per heavy atom. The van der Waals surface area contributed by atoms with Crippen LogP contribution in [0.5, 0.6) is 5.75 Å². The predicted octanol–water partition coefficient (Wildman–Crippen LogP) is 2.31. The highest BCUT2D eigenvalue weighted by molar-refractivity contribution is 7.85. The number of hydrogen-bond acceptors (Lipinski definition) is 8. The lowest BCUT2D eigenvalue weighted by Crippen LogP contribution is -2.38. The minimum absolute atomic E-state index is 0.0171. The van der Waals surface area contributed by atoms with Gasteiger partial charge in [-0.3, -0.25) is 4.18 Å². The molecule has 0 fully saturated rings. The first-order valence-corrected chi connectivity index (χ1v) is 11.9. The highest BCUT2D eigenvalue weighted by Gasteiger charge is 2.25. The number of rotatable bonds is 7. The van der Waals surface area contributed by atoms with E-state index in [2.05, 4.69) is 0 Å². The maximum Gasteiger partial charge on any atom is 0.410 e. The molecule has 174 valence electrons. The topological polar surface area (TPSA) is 108 Å². The van der Waals surface area contributed by atoms with Gasteiger partial charge in [-0.15, -0.1) is 0 Å². The van der Waals surface area contributed by atoms with Gasteiger partial charge in [-0.1, -0.05) is 6.07 Å². The fourth-order valence-electron chi connectivity index (χ4n) is 3.11. The van der Waals surface area contributed by atoms with Gasteiger partial charge in [-0.05, 0) is 56.9 Å². The summed E-state index contributed by atoms with van der Waals surface area (Å²) < 4.78 is 43.0. The van der Waals surface area contributed by atoms with Crippen molar-refractivity contribution >= 4 is 22.2 Å². The van der Waals surface area contributed by atoms with E-state index in [1.54, 1.807) is 11.0 Å². The summed E-state index contributed by atoms with van der Waals surface area (Å²) >= 11 is 0. The van der Waals surface area contributed by atoms with E-state index in [1.165, 1.54) is 7.11 Å². The number of benzene rings is 1. The Balaban J connectivity index is 2.06. The smallest absolute Gasteiger partial charge is 0.410 e. The molecule has 1 unspecified atom stereocenters. The SMILES string of the molecule is COC(=O)C(CCOS(C)(=O)=O)Oc1ccc2c(c1)CCN(C(=O)OC(C)(C)C)CC2. The van der Waals surface area contributed by atoms with Crippen LogP contribution in [-0.2, 0) is 41.4 Å². The summed E-state index contributed by atoms with van der Waals surface area (Å²) in [6.45, 7) is 6.36. The van der Waals surface area contributed by atoms with Crippen molar-refractivity contribution in [2.75, 3.05) is 33.1 Å². The summed E-state index contributed by atoms with van der Waals surface area (Å²) in [4.78, 5) is 26.1. The molecule has 1 aliphatic heterocycles. The quantitative estimate of drug-likeness (QED) is 0.453. The van der Waals surface area contributed by atoms with Crippen LogP contribution in [0.3, 0.4) is 0 Å². The molecule has 0 N–H and O–H groups in total. The minimum Gasteiger partial charge on any atom is -0.479 e. The number of carbonyl (C=O) groups excluding carboxylic acids is 2. The minimum atomic E-state index is -3.62. The van der Waals surface area contributed by atoms with Crippen LogP contribution in [-0.4, -0.2) is 70.1 Å². The molecule has 0 spiro atoms. The summed E-state index contributed by atoms with van der Waals surface area (Å²) in [7, 11) is -2.38. The van der Waals surface area contributed by atoms with Crippen molar-refractivity contribution in [1.82, 2.24) is 4.90 Å². The summed E-state index contributed by atoms with van der Waals surface area (Å²) in [6.07, 6.45) is 0.905. The first kappa shape index (κ1) is 24.9. The molecule has 1 amide bonds. The third-order valence-corrected chi connectivity index (χ3v) is 5.15. The average molecular weight is 458 g/mol. The normalized spacial score (nSPS) is 15.5. The summed E-state index contributed by atoms with van der Waals surface area (Å²) in [5, 5.41) is 0. The van der Waals surface area contributed by atoms with E-state index in [9.17, 15) is 18.0 Å². The molecule has 1 aromatic rings. The zero-order valence-corrected chi connectivity index (χ0v) is 19.5. The third kappa shape index (κ3) is 8.37. The van der Waals surface area contributed by atoms with Crippen LogP contribution >= 0.6 is 0 Å². The van der Waals surface area contributed by atoms with Gasteiger partial charge in [0.15, 0.2) is 6.10 Å². The number of hydrogen-bond donors (Lipinski definition) is 0. The van der Waals surface area contributed by atoms with Crippen molar-refractivity contribution in [3.05, 3.63) is 29.3 Å². The molecule has 9 nitrogen and oxygen atoms in total. The van der Waals surface area contributed by atoms with Gasteiger partial charge in [-0.2, -0.15) is 8.42 Å². The van der Waals surface area contributed by atoms with Crippen LogP contribution in [0.2, 0.25) is 0 Å². The van der Waals surface area contributed by atoms with Crippen molar-refractivity contribution in [2.24, 2.45) is 0 Å². The molecular formula is C21H31NO8S. The van der Waals surface area contributed by atoms with Gasteiger partial charge in [0.2, 0.25) is 0 Å². The van der Waals surface area contributed by atoms with Gasteiger partial charge >= 0.3 is 12.1 Å². The Hall–Kier alpha value is -2.33. The zero-order chi connectivity index (χ0) is 23.2. The highest BCUT2D eigenvalue weighted by atomic mass is 32.2. The van der Waals surface area contributed by atoms with Crippen LogP contribution in [0.1, 0.15) is 38.3 Å². The average Bonchev–Trinajstić information content (AvgIpc) is 2.86. The van der Waals surface area contributed by atoms with E-state index < -0.39 is 27.8 Å². The number of methoxy groups -OCH3 is 1. The molecule has 1 atom stereocenters. The van der Waals surface area contributed by atoms with Crippen molar-refractivity contribution in [1.29, 1.82) is 0 Å². The van der Waals surface area contributed by atoms with E-state index in [1.807, 2.05) is 32.9 Å². The lowest BCUT2D eigenvalue weighted by atomic mass is 10.0. The monoisotopic (exact) mass is 457 g/mol. The van der Waals surface area contributed by atoms with Gasteiger partial charge in [-0.25, -0.2) is 9.59 Å². The molecule has 0 aliphatic carbocycles. The maximum absolute atomic E-state index is 12.4. The lowest BCUT2D eigenvalue weighted by Gasteiger charge is -2.26. The molecule has 1 heterocycles. The molecule has 2 rings (SSSR count). The van der Waals surface area contributed by atoms with Crippen molar-refractivity contribution in [3.63, 3.8) is 0 Å². The van der Waals surface area contributed by atoms with Crippen LogP contribution in [0.4, 0.5) is 4.79 Å². The molecule has 10 heteroatoms. The van der Waals surface area contributed by atoms with Crippen LogP contribution in [0, 0.1) is 0 Å². The molecule has 0 radical (unpaired) electrons. The van der Waals surface area contributed by atoms with Crippen LogP contribution in [0.25, 0.3) is 0 Å². The Labute approximate surface area is 183 Å². The Morgan fingerprint density at radius 3 is 2.35 bits per heavy atom. The molecule has 0 saturated heterocycles. The standard InChI is InChI=1S/C21H31NO8S/c1-21(2,3)30-20(24)22-11-8-15-6-7-17(14-16(15)9-12-22)29-18(19(23)27-4)10-13-28-31(5,25)26/h6-7,14,18H,8-13H2,1-5H3. The van der Waals surface area contributed by atoms with E-state index >= 15 is 0 Å². The second-order valence-electron chi connectivity index (χ2n) is 8.34. The first-order chi connectivity index (χ1) is 14.4. The van der Waals surface area contributed by atoms with Crippen LogP contribution < -0.4 is 4.74 Å². The Morgan fingerprint density at radius 2 is 1.77 bits per heavy atom. The van der Waals surface area contributed by atoms with E-state index in [0.29, 0.717) is 31.7 Å². The lowest BCUT2D eigenvalue weighted by molar-refractivity contribution is -0.149. The summed E-state index contributed by atoms with van der Waals surface area (Å²) in [5.74, 6) is -0.164. The second kappa shape index (κ2) is 10.3. The van der Waals surface area contributed by atoms with Crippen LogP contribution in [0.15, 0.2) is 18.2 Å². The van der Waals surface area contributed by atoms with Gasteiger partial charge in [0.1, 0.15) is 11.4 Å². The number of nitrogens with zero attached hydrogens (tertiary/aromatic N) is 1. The molecular weight excluding hydrogens is 426 g/mol. The summed E-state index contributed by atoms with van der Waals surface area (Å²) in [5.41, 5.74) is 1.55. The van der Waals surface area contributed by atoms with Gasteiger partial charge in [0.25, 0.3) is 10.1 Å². The van der Waals surface area contributed by atoms with Crippen molar-refractivity contribution in [2.45, 2.75) is 51.7 Å². The van der Waals surface area contributed by atoms with Gasteiger partial charge in [0, 0.05) is 19.5 Å². The molecule has 0 saturated carbocycles. The van der Waals surface area contributed by atoms with E-state index in [0.717, 1.165) is 17.4 Å². The highest BCUT2D eigenvalue weighted by Crippen LogP contribution is 2.24. The number of amides is 1. The van der Waals surface area contributed by atoms with Gasteiger partial charge in [0.05, 0.1) is 20.0 Å². The summed E-state index contributed by atoms with van der Waals surface area (Å²) in [6, 6.07) is 5.49. The predicted molar refractivity (Wildman–Crippen MR) is 114 cm³/mol. The fourth-order valence-corrected chi connectivity index (χ4v) is 3.51. The van der Waals surface area contributed by atoms with E-state index in [4.69, 9.17) is 18.4 Å². The molecule has 1 aliphatic rings. The van der Waals surface area contributed by atoms with Gasteiger partial charge < -0.3 is 19.1 Å². The Kier molecular flexibility index (Phi) is 8.30.